The number of rotatable bonds is 5. The largest absolute Gasteiger partial charge is 0.306 e. The maximum atomic E-state index is 12.3. The van der Waals surface area contributed by atoms with Crippen LogP contribution in [0, 0.1) is 6.92 Å². The van der Waals surface area contributed by atoms with E-state index in [0.29, 0.717) is 17.2 Å². The normalized spacial score (nSPS) is 10.7. The summed E-state index contributed by atoms with van der Waals surface area (Å²) in [6, 6.07) is 10.2. The standard InChI is InChI=1S/C17H18N4OS/c1-3-13-4-6-14(7-5-13)10-21-15(8-9-19-21)20-17(22)16-12(2)18-11-23-16/h4-9,11H,3,10H2,1-2H3,(H,20,22). The molecule has 0 atom stereocenters. The van der Waals surface area contributed by atoms with E-state index < -0.39 is 0 Å². The molecule has 1 aromatic carbocycles. The monoisotopic (exact) mass is 326 g/mol. The lowest BCUT2D eigenvalue weighted by Crippen LogP contribution is -2.16. The van der Waals surface area contributed by atoms with Crippen molar-refractivity contribution in [1.29, 1.82) is 0 Å². The van der Waals surface area contributed by atoms with Crippen LogP contribution >= 0.6 is 11.3 Å². The molecular formula is C17H18N4OS. The predicted octanol–water partition coefficient (Wildman–Crippen LogP) is 3.51. The van der Waals surface area contributed by atoms with Crippen LogP contribution in [-0.4, -0.2) is 20.7 Å². The summed E-state index contributed by atoms with van der Waals surface area (Å²) in [6.45, 7) is 4.59. The summed E-state index contributed by atoms with van der Waals surface area (Å²) in [7, 11) is 0. The minimum absolute atomic E-state index is 0.145. The number of thiazole rings is 1. The van der Waals surface area contributed by atoms with Crippen molar-refractivity contribution in [3.8, 4) is 0 Å². The Hall–Kier alpha value is -2.47. The van der Waals surface area contributed by atoms with Gasteiger partial charge in [-0.05, 0) is 24.5 Å². The Morgan fingerprint density at radius 2 is 1.96 bits per heavy atom. The SMILES string of the molecule is CCc1ccc(Cn2nccc2NC(=O)c2scnc2C)cc1. The second-order valence-corrected chi connectivity index (χ2v) is 6.12. The highest BCUT2D eigenvalue weighted by Gasteiger charge is 2.14. The third-order valence-electron chi connectivity index (χ3n) is 3.67. The Labute approximate surface area is 139 Å². The smallest absolute Gasteiger partial charge is 0.268 e. The predicted molar refractivity (Wildman–Crippen MR) is 92.0 cm³/mol. The van der Waals surface area contributed by atoms with E-state index in [4.69, 9.17) is 0 Å². The number of nitrogens with zero attached hydrogens (tertiary/aromatic N) is 3. The second kappa shape index (κ2) is 6.75. The number of carbonyl (C=O) groups excluding carboxylic acids is 1. The number of carbonyl (C=O) groups is 1. The van der Waals surface area contributed by atoms with E-state index in [2.05, 4.69) is 46.6 Å². The van der Waals surface area contributed by atoms with E-state index in [1.165, 1.54) is 16.9 Å². The van der Waals surface area contributed by atoms with Crippen molar-refractivity contribution >= 4 is 23.1 Å². The molecule has 0 aliphatic heterocycles. The molecule has 3 aromatic rings. The third kappa shape index (κ3) is 3.48. The van der Waals surface area contributed by atoms with E-state index in [0.717, 1.165) is 17.7 Å². The summed E-state index contributed by atoms with van der Waals surface area (Å²) in [4.78, 5) is 17.0. The molecule has 0 unspecified atom stereocenters. The van der Waals surface area contributed by atoms with Gasteiger partial charge in [-0.3, -0.25) is 4.79 Å². The molecule has 0 aliphatic carbocycles. The van der Waals surface area contributed by atoms with Crippen LogP contribution in [0.15, 0.2) is 42.0 Å². The van der Waals surface area contributed by atoms with Gasteiger partial charge in [0.1, 0.15) is 10.7 Å². The van der Waals surface area contributed by atoms with Gasteiger partial charge in [-0.2, -0.15) is 5.10 Å². The van der Waals surface area contributed by atoms with Gasteiger partial charge < -0.3 is 5.32 Å². The molecular weight excluding hydrogens is 308 g/mol. The molecule has 0 fully saturated rings. The number of hydrogen-bond acceptors (Lipinski definition) is 4. The third-order valence-corrected chi connectivity index (χ3v) is 4.60. The van der Waals surface area contributed by atoms with E-state index in [-0.39, 0.29) is 5.91 Å². The first-order valence-electron chi connectivity index (χ1n) is 7.48. The second-order valence-electron chi connectivity index (χ2n) is 5.27. The van der Waals surface area contributed by atoms with Crippen LogP contribution in [0.1, 0.15) is 33.4 Å². The molecule has 1 amide bonds. The summed E-state index contributed by atoms with van der Waals surface area (Å²) >= 11 is 1.34. The van der Waals surface area contributed by atoms with Crippen molar-refractivity contribution in [1.82, 2.24) is 14.8 Å². The zero-order valence-electron chi connectivity index (χ0n) is 13.1. The fraction of sp³-hybridized carbons (Fsp3) is 0.235. The zero-order chi connectivity index (χ0) is 16.2. The van der Waals surface area contributed by atoms with Gasteiger partial charge in [-0.25, -0.2) is 9.67 Å². The first-order valence-corrected chi connectivity index (χ1v) is 8.36. The first-order chi connectivity index (χ1) is 11.2. The Morgan fingerprint density at radius 1 is 1.22 bits per heavy atom. The number of aryl methyl sites for hydroxylation is 2. The Bertz CT molecular complexity index is 804. The van der Waals surface area contributed by atoms with Crippen molar-refractivity contribution in [2.45, 2.75) is 26.8 Å². The van der Waals surface area contributed by atoms with Crippen molar-refractivity contribution in [3.05, 3.63) is 63.7 Å². The number of amides is 1. The molecule has 6 heteroatoms. The van der Waals surface area contributed by atoms with Gasteiger partial charge in [0, 0.05) is 6.07 Å². The van der Waals surface area contributed by atoms with Gasteiger partial charge in [0.05, 0.1) is 23.9 Å². The zero-order valence-corrected chi connectivity index (χ0v) is 13.9. The maximum absolute atomic E-state index is 12.3. The van der Waals surface area contributed by atoms with Crippen molar-refractivity contribution < 1.29 is 4.79 Å². The first kappa shape index (κ1) is 15.4. The van der Waals surface area contributed by atoms with Crippen LogP contribution in [0.2, 0.25) is 0 Å². The van der Waals surface area contributed by atoms with E-state index in [1.807, 2.05) is 6.92 Å². The lowest BCUT2D eigenvalue weighted by Gasteiger charge is -2.09. The molecule has 3 rings (SSSR count). The van der Waals surface area contributed by atoms with Crippen molar-refractivity contribution in [2.75, 3.05) is 5.32 Å². The highest BCUT2D eigenvalue weighted by Crippen LogP contribution is 2.16. The molecule has 1 N–H and O–H groups in total. The van der Waals surface area contributed by atoms with Crippen LogP contribution < -0.4 is 5.32 Å². The lowest BCUT2D eigenvalue weighted by atomic mass is 10.1. The van der Waals surface area contributed by atoms with Gasteiger partial charge in [0.25, 0.3) is 5.91 Å². The summed E-state index contributed by atoms with van der Waals surface area (Å²) in [5, 5.41) is 7.21. The summed E-state index contributed by atoms with van der Waals surface area (Å²) in [5.41, 5.74) is 4.88. The molecule has 0 saturated heterocycles. The molecule has 23 heavy (non-hydrogen) atoms. The van der Waals surface area contributed by atoms with Gasteiger partial charge in [0.15, 0.2) is 0 Å². The quantitative estimate of drug-likeness (QED) is 0.780. The van der Waals surface area contributed by atoms with E-state index >= 15 is 0 Å². The number of hydrogen-bond donors (Lipinski definition) is 1. The average Bonchev–Trinajstić information content (AvgIpc) is 3.17. The highest BCUT2D eigenvalue weighted by atomic mass is 32.1. The van der Waals surface area contributed by atoms with Crippen LogP contribution in [-0.2, 0) is 13.0 Å². The lowest BCUT2D eigenvalue weighted by molar-refractivity contribution is 0.102. The molecule has 118 valence electrons. The fourth-order valence-corrected chi connectivity index (χ4v) is 3.01. The summed E-state index contributed by atoms with van der Waals surface area (Å²) in [5.74, 6) is 0.537. The molecule has 0 saturated carbocycles. The Morgan fingerprint density at radius 3 is 2.61 bits per heavy atom. The van der Waals surface area contributed by atoms with Gasteiger partial charge in [-0.15, -0.1) is 11.3 Å². The van der Waals surface area contributed by atoms with Gasteiger partial charge in [-0.1, -0.05) is 31.2 Å². The maximum Gasteiger partial charge on any atom is 0.268 e. The van der Waals surface area contributed by atoms with Crippen LogP contribution in [0.5, 0.6) is 0 Å². The summed E-state index contributed by atoms with van der Waals surface area (Å²) < 4.78 is 1.79. The van der Waals surface area contributed by atoms with Crippen molar-refractivity contribution in [2.24, 2.45) is 0 Å². The van der Waals surface area contributed by atoms with Gasteiger partial charge in [0.2, 0.25) is 0 Å². The number of anilines is 1. The Balaban J connectivity index is 1.74. The van der Waals surface area contributed by atoms with E-state index in [1.54, 1.807) is 22.5 Å². The average molecular weight is 326 g/mol. The number of benzene rings is 1. The molecule has 0 spiro atoms. The fourth-order valence-electron chi connectivity index (χ4n) is 2.31. The number of nitrogens with one attached hydrogen (secondary N) is 1. The van der Waals surface area contributed by atoms with Crippen LogP contribution in [0.4, 0.5) is 5.82 Å². The minimum atomic E-state index is -0.145. The van der Waals surface area contributed by atoms with E-state index in [9.17, 15) is 4.79 Å². The molecule has 5 nitrogen and oxygen atoms in total. The topological polar surface area (TPSA) is 59.8 Å². The Kier molecular flexibility index (Phi) is 4.52. The highest BCUT2D eigenvalue weighted by molar-refractivity contribution is 7.12. The van der Waals surface area contributed by atoms with Crippen molar-refractivity contribution in [3.63, 3.8) is 0 Å². The molecule has 0 aliphatic rings. The van der Waals surface area contributed by atoms with Crippen LogP contribution in [0.25, 0.3) is 0 Å². The summed E-state index contributed by atoms with van der Waals surface area (Å²) in [6.07, 6.45) is 2.72. The molecule has 2 heterocycles. The molecule has 0 radical (unpaired) electrons. The van der Waals surface area contributed by atoms with Crippen LogP contribution in [0.3, 0.4) is 0 Å². The number of aromatic nitrogens is 3. The van der Waals surface area contributed by atoms with Gasteiger partial charge >= 0.3 is 0 Å². The molecule has 2 aromatic heterocycles. The minimum Gasteiger partial charge on any atom is -0.306 e. The molecule has 0 bridgehead atoms.